The number of nitrogen functional groups attached to an aromatic ring is 1. The van der Waals surface area contributed by atoms with Gasteiger partial charge in [0.05, 0.1) is 5.56 Å². The van der Waals surface area contributed by atoms with Gasteiger partial charge in [-0.1, -0.05) is 28.1 Å². The van der Waals surface area contributed by atoms with Gasteiger partial charge in [0.2, 0.25) is 0 Å². The molecule has 0 unspecified atom stereocenters. The topological polar surface area (TPSA) is 68.3 Å². The van der Waals surface area contributed by atoms with Gasteiger partial charge in [-0.2, -0.15) is 0 Å². The van der Waals surface area contributed by atoms with E-state index in [-0.39, 0.29) is 5.84 Å². The SMILES string of the molecule is N=C(N)c1ccccc1OCCOc1ccc(Br)cc1. The Kier molecular flexibility index (Phi) is 5.01. The van der Waals surface area contributed by atoms with Crippen LogP contribution in [0.25, 0.3) is 0 Å². The van der Waals surface area contributed by atoms with E-state index in [1.54, 1.807) is 12.1 Å². The van der Waals surface area contributed by atoms with E-state index in [9.17, 15) is 0 Å². The second kappa shape index (κ2) is 6.96. The maximum absolute atomic E-state index is 7.47. The number of amidine groups is 1. The van der Waals surface area contributed by atoms with Gasteiger partial charge in [-0.15, -0.1) is 0 Å². The third-order valence-corrected chi connectivity index (χ3v) is 3.13. The molecular weight excluding hydrogens is 320 g/mol. The van der Waals surface area contributed by atoms with Crippen molar-refractivity contribution in [3.8, 4) is 11.5 Å². The van der Waals surface area contributed by atoms with Gasteiger partial charge in [-0.05, 0) is 36.4 Å². The van der Waals surface area contributed by atoms with Gasteiger partial charge in [0.15, 0.2) is 0 Å². The Labute approximate surface area is 126 Å². The number of benzene rings is 2. The van der Waals surface area contributed by atoms with Gasteiger partial charge in [0.25, 0.3) is 0 Å². The van der Waals surface area contributed by atoms with Crippen LogP contribution in [0, 0.1) is 5.41 Å². The van der Waals surface area contributed by atoms with Crippen LogP contribution in [0.4, 0.5) is 0 Å². The van der Waals surface area contributed by atoms with E-state index in [1.807, 2.05) is 36.4 Å². The Morgan fingerprint density at radius 1 is 1.00 bits per heavy atom. The Hall–Kier alpha value is -2.01. The molecule has 2 rings (SSSR count). The summed E-state index contributed by atoms with van der Waals surface area (Å²) in [5, 5.41) is 7.47. The molecule has 104 valence electrons. The number of hydrogen-bond acceptors (Lipinski definition) is 3. The first-order chi connectivity index (χ1) is 9.66. The lowest BCUT2D eigenvalue weighted by molar-refractivity contribution is 0.217. The second-order valence-corrected chi connectivity index (χ2v) is 4.98. The molecule has 2 aromatic rings. The highest BCUT2D eigenvalue weighted by Gasteiger charge is 2.05. The molecule has 3 N–H and O–H groups in total. The molecule has 0 aliphatic heterocycles. The molecule has 0 spiro atoms. The molecule has 5 heteroatoms. The van der Waals surface area contributed by atoms with E-state index in [4.69, 9.17) is 20.6 Å². The molecule has 20 heavy (non-hydrogen) atoms. The predicted molar refractivity (Wildman–Crippen MR) is 82.6 cm³/mol. The summed E-state index contributed by atoms with van der Waals surface area (Å²) in [6.07, 6.45) is 0. The van der Waals surface area contributed by atoms with Gasteiger partial charge < -0.3 is 15.2 Å². The molecule has 0 aliphatic carbocycles. The van der Waals surface area contributed by atoms with Crippen LogP contribution in [0.5, 0.6) is 11.5 Å². The summed E-state index contributed by atoms with van der Waals surface area (Å²) in [6, 6.07) is 14.8. The Morgan fingerprint density at radius 2 is 1.65 bits per heavy atom. The molecule has 0 heterocycles. The molecule has 0 bridgehead atoms. The van der Waals surface area contributed by atoms with Crippen LogP contribution in [-0.4, -0.2) is 19.0 Å². The van der Waals surface area contributed by atoms with E-state index >= 15 is 0 Å². The third kappa shape index (κ3) is 3.99. The minimum Gasteiger partial charge on any atom is -0.490 e. The lowest BCUT2D eigenvalue weighted by Crippen LogP contribution is -2.15. The summed E-state index contributed by atoms with van der Waals surface area (Å²) in [6.45, 7) is 0.814. The molecule has 4 nitrogen and oxygen atoms in total. The molecule has 0 aliphatic rings. The summed E-state index contributed by atoms with van der Waals surface area (Å²) in [5.41, 5.74) is 6.09. The van der Waals surface area contributed by atoms with Crippen molar-refractivity contribution in [3.05, 3.63) is 58.6 Å². The van der Waals surface area contributed by atoms with E-state index in [2.05, 4.69) is 15.9 Å². The second-order valence-electron chi connectivity index (χ2n) is 4.06. The average Bonchev–Trinajstić information content (AvgIpc) is 2.46. The molecule has 0 amide bonds. The predicted octanol–water partition coefficient (Wildman–Crippen LogP) is 3.19. The average molecular weight is 335 g/mol. The molecule has 2 aromatic carbocycles. The standard InChI is InChI=1S/C15H15BrN2O2/c16-11-5-7-12(8-6-11)19-9-10-20-14-4-2-1-3-13(14)15(17)18/h1-8H,9-10H2,(H3,17,18). The number of nitrogens with one attached hydrogen (secondary N) is 1. The van der Waals surface area contributed by atoms with Crippen LogP contribution < -0.4 is 15.2 Å². The van der Waals surface area contributed by atoms with Crippen LogP contribution in [0.2, 0.25) is 0 Å². The minimum absolute atomic E-state index is 0.00516. The van der Waals surface area contributed by atoms with Gasteiger partial charge in [-0.3, -0.25) is 5.41 Å². The summed E-state index contributed by atoms with van der Waals surface area (Å²) in [7, 11) is 0. The van der Waals surface area contributed by atoms with Crippen LogP contribution in [0.15, 0.2) is 53.0 Å². The number of halogens is 1. The van der Waals surface area contributed by atoms with Crippen LogP contribution in [-0.2, 0) is 0 Å². The molecule has 0 saturated carbocycles. The number of hydrogen-bond donors (Lipinski definition) is 2. The number of para-hydroxylation sites is 1. The number of nitrogens with two attached hydrogens (primary N) is 1. The maximum Gasteiger partial charge on any atom is 0.130 e. The monoisotopic (exact) mass is 334 g/mol. The summed E-state index contributed by atoms with van der Waals surface area (Å²) >= 11 is 3.37. The van der Waals surface area contributed by atoms with Gasteiger partial charge >= 0.3 is 0 Å². The first-order valence-electron chi connectivity index (χ1n) is 6.11. The summed E-state index contributed by atoms with van der Waals surface area (Å²) in [5.74, 6) is 1.38. The normalized spacial score (nSPS) is 10.1. The zero-order chi connectivity index (χ0) is 14.4. The number of ether oxygens (including phenoxy) is 2. The fraction of sp³-hybridized carbons (Fsp3) is 0.133. The zero-order valence-corrected chi connectivity index (χ0v) is 12.4. The number of rotatable bonds is 6. The highest BCUT2D eigenvalue weighted by atomic mass is 79.9. The lowest BCUT2D eigenvalue weighted by atomic mass is 10.2. The Morgan fingerprint density at radius 3 is 2.35 bits per heavy atom. The van der Waals surface area contributed by atoms with Crippen LogP contribution >= 0.6 is 15.9 Å². The van der Waals surface area contributed by atoms with Crippen molar-refractivity contribution in [3.63, 3.8) is 0 Å². The van der Waals surface area contributed by atoms with E-state index in [0.717, 1.165) is 10.2 Å². The third-order valence-electron chi connectivity index (χ3n) is 2.60. The van der Waals surface area contributed by atoms with Gasteiger partial charge in [0, 0.05) is 4.47 Å². The molecule has 0 saturated heterocycles. The molecule has 0 atom stereocenters. The van der Waals surface area contributed by atoms with Crippen molar-refractivity contribution in [2.24, 2.45) is 5.73 Å². The van der Waals surface area contributed by atoms with Crippen molar-refractivity contribution in [2.75, 3.05) is 13.2 Å². The fourth-order valence-electron chi connectivity index (χ4n) is 1.66. The summed E-state index contributed by atoms with van der Waals surface area (Å²) < 4.78 is 12.2. The minimum atomic E-state index is -0.00516. The van der Waals surface area contributed by atoms with Gasteiger partial charge in [-0.25, -0.2) is 0 Å². The van der Waals surface area contributed by atoms with Crippen molar-refractivity contribution in [2.45, 2.75) is 0 Å². The largest absolute Gasteiger partial charge is 0.490 e. The Balaban J connectivity index is 1.84. The first kappa shape index (κ1) is 14.4. The molecule has 0 fully saturated rings. The van der Waals surface area contributed by atoms with Crippen molar-refractivity contribution < 1.29 is 9.47 Å². The first-order valence-corrected chi connectivity index (χ1v) is 6.90. The van der Waals surface area contributed by atoms with Crippen molar-refractivity contribution >= 4 is 21.8 Å². The van der Waals surface area contributed by atoms with Gasteiger partial charge in [0.1, 0.15) is 30.5 Å². The summed E-state index contributed by atoms with van der Waals surface area (Å²) in [4.78, 5) is 0. The van der Waals surface area contributed by atoms with Crippen LogP contribution in [0.3, 0.4) is 0 Å². The van der Waals surface area contributed by atoms with E-state index < -0.39 is 0 Å². The van der Waals surface area contributed by atoms with Crippen molar-refractivity contribution in [1.29, 1.82) is 5.41 Å². The molecular formula is C15H15BrN2O2. The smallest absolute Gasteiger partial charge is 0.130 e. The van der Waals surface area contributed by atoms with E-state index in [1.165, 1.54) is 0 Å². The Bertz CT molecular complexity index is 585. The maximum atomic E-state index is 7.47. The lowest BCUT2D eigenvalue weighted by Gasteiger charge is -2.11. The molecule has 0 radical (unpaired) electrons. The van der Waals surface area contributed by atoms with Crippen molar-refractivity contribution in [1.82, 2.24) is 0 Å². The molecule has 0 aromatic heterocycles. The highest BCUT2D eigenvalue weighted by Crippen LogP contribution is 2.18. The zero-order valence-electron chi connectivity index (χ0n) is 10.8. The quantitative estimate of drug-likeness (QED) is 0.484. The highest BCUT2D eigenvalue weighted by molar-refractivity contribution is 9.10. The van der Waals surface area contributed by atoms with E-state index in [0.29, 0.717) is 24.5 Å². The fourth-order valence-corrected chi connectivity index (χ4v) is 1.92. The van der Waals surface area contributed by atoms with Crippen LogP contribution in [0.1, 0.15) is 5.56 Å².